The van der Waals surface area contributed by atoms with E-state index in [2.05, 4.69) is 14.7 Å². The maximum absolute atomic E-state index is 13.0. The van der Waals surface area contributed by atoms with Gasteiger partial charge in [0.1, 0.15) is 0 Å². The second-order valence-electron chi connectivity index (χ2n) is 7.22. The van der Waals surface area contributed by atoms with Crippen LogP contribution in [-0.2, 0) is 10.0 Å². The molecule has 31 heavy (non-hydrogen) atoms. The third-order valence-electron chi connectivity index (χ3n) is 4.67. The summed E-state index contributed by atoms with van der Waals surface area (Å²) < 4.78 is 33.6. The van der Waals surface area contributed by atoms with Crippen LogP contribution in [0.25, 0.3) is 11.3 Å². The van der Waals surface area contributed by atoms with Crippen LogP contribution >= 0.6 is 0 Å². The first-order chi connectivity index (χ1) is 14.6. The number of nitrogens with zero attached hydrogens (tertiary/aromatic N) is 3. The van der Waals surface area contributed by atoms with Crippen LogP contribution in [-0.4, -0.2) is 50.4 Å². The van der Waals surface area contributed by atoms with Gasteiger partial charge in [-0.05, 0) is 43.2 Å². The van der Waals surface area contributed by atoms with Crippen molar-refractivity contribution in [3.63, 3.8) is 0 Å². The number of sulfonamides is 1. The lowest BCUT2D eigenvalue weighted by Crippen LogP contribution is -2.22. The number of hydrogen-bond donors (Lipinski definition) is 1. The van der Waals surface area contributed by atoms with Crippen molar-refractivity contribution in [2.24, 2.45) is 0 Å². The number of aryl methyl sites for hydroxylation is 2. The smallest absolute Gasteiger partial charge is 0.264 e. The third-order valence-corrected chi connectivity index (χ3v) is 6.00. The van der Waals surface area contributed by atoms with Crippen LogP contribution in [0.1, 0.15) is 21.5 Å². The van der Waals surface area contributed by atoms with Crippen LogP contribution in [0.3, 0.4) is 0 Å². The third kappa shape index (κ3) is 4.83. The Bertz CT molecular complexity index is 1220. The molecule has 0 saturated heterocycles. The molecule has 0 aliphatic rings. The second kappa shape index (κ2) is 8.73. The molecule has 9 heteroatoms. The Morgan fingerprint density at radius 2 is 1.65 bits per heavy atom. The highest BCUT2D eigenvalue weighted by Crippen LogP contribution is 2.29. The van der Waals surface area contributed by atoms with Gasteiger partial charge in [-0.25, -0.2) is 18.1 Å². The topological polar surface area (TPSA) is 101 Å². The van der Waals surface area contributed by atoms with Crippen molar-refractivity contribution >= 4 is 21.9 Å². The maximum Gasteiger partial charge on any atom is 0.264 e. The highest BCUT2D eigenvalue weighted by atomic mass is 32.2. The summed E-state index contributed by atoms with van der Waals surface area (Å²) in [7, 11) is 0.606. The van der Waals surface area contributed by atoms with Crippen LogP contribution in [0.4, 0.5) is 5.95 Å². The molecule has 0 aliphatic heterocycles. The number of anilines is 1. The maximum atomic E-state index is 13.0. The molecule has 8 nitrogen and oxygen atoms in total. The van der Waals surface area contributed by atoms with Gasteiger partial charge in [0.25, 0.3) is 15.9 Å². The van der Waals surface area contributed by atoms with Gasteiger partial charge in [0.2, 0.25) is 11.8 Å². The Morgan fingerprint density at radius 3 is 2.26 bits per heavy atom. The standard InChI is InChI=1S/C22H24N4O4S/c1-14-8-6-9-15(2)20(14)18-13-19(30-5)24-22(23-18)25-31(28,29)17-11-7-10-16(12-17)21(27)26(3)4/h6-13H,1-5H3,(H,23,24,25). The highest BCUT2D eigenvalue weighted by Gasteiger charge is 2.20. The zero-order chi connectivity index (χ0) is 22.8. The second-order valence-corrected chi connectivity index (χ2v) is 8.90. The minimum Gasteiger partial charge on any atom is -0.481 e. The van der Waals surface area contributed by atoms with E-state index < -0.39 is 10.0 Å². The summed E-state index contributed by atoms with van der Waals surface area (Å²) in [5, 5.41) is 0. The molecule has 0 fully saturated rings. The van der Waals surface area contributed by atoms with Crippen molar-refractivity contribution in [2.75, 3.05) is 25.9 Å². The van der Waals surface area contributed by atoms with Gasteiger partial charge in [-0.1, -0.05) is 24.3 Å². The molecule has 0 saturated carbocycles. The molecule has 0 aliphatic carbocycles. The number of benzene rings is 2. The molecule has 0 unspecified atom stereocenters. The summed E-state index contributed by atoms with van der Waals surface area (Å²) in [4.78, 5) is 22.1. The number of rotatable bonds is 6. The van der Waals surface area contributed by atoms with Gasteiger partial charge in [-0.15, -0.1) is 0 Å². The summed E-state index contributed by atoms with van der Waals surface area (Å²) in [6, 6.07) is 13.3. The first-order valence-corrected chi connectivity index (χ1v) is 10.9. The minimum atomic E-state index is -4.04. The van der Waals surface area contributed by atoms with E-state index in [4.69, 9.17) is 4.74 Å². The largest absolute Gasteiger partial charge is 0.481 e. The van der Waals surface area contributed by atoms with E-state index in [0.717, 1.165) is 16.7 Å². The quantitative estimate of drug-likeness (QED) is 0.631. The molecular weight excluding hydrogens is 416 g/mol. The summed E-state index contributed by atoms with van der Waals surface area (Å²) in [6.45, 7) is 3.90. The van der Waals surface area contributed by atoms with E-state index in [9.17, 15) is 13.2 Å². The highest BCUT2D eigenvalue weighted by molar-refractivity contribution is 7.92. The minimum absolute atomic E-state index is 0.0692. The van der Waals surface area contributed by atoms with Crippen molar-refractivity contribution in [2.45, 2.75) is 18.7 Å². The first-order valence-electron chi connectivity index (χ1n) is 9.46. The average Bonchev–Trinajstić information content (AvgIpc) is 2.72. The number of carbonyl (C=O) groups is 1. The van der Waals surface area contributed by atoms with E-state index >= 15 is 0 Å². The Hall–Kier alpha value is -3.46. The summed E-state index contributed by atoms with van der Waals surface area (Å²) in [5.74, 6) is -0.199. The van der Waals surface area contributed by atoms with Crippen LogP contribution in [0, 0.1) is 13.8 Å². The van der Waals surface area contributed by atoms with Crippen molar-refractivity contribution in [3.05, 3.63) is 65.2 Å². The lowest BCUT2D eigenvalue weighted by atomic mass is 10.00. The van der Waals surface area contributed by atoms with Gasteiger partial charge < -0.3 is 9.64 Å². The fraction of sp³-hybridized carbons (Fsp3) is 0.227. The number of carbonyl (C=O) groups excluding carboxylic acids is 1. The Morgan fingerprint density at radius 1 is 1.00 bits per heavy atom. The zero-order valence-electron chi connectivity index (χ0n) is 18.0. The van der Waals surface area contributed by atoms with Crippen LogP contribution in [0.15, 0.2) is 53.4 Å². The molecule has 1 amide bonds. The van der Waals surface area contributed by atoms with Crippen molar-refractivity contribution in [3.8, 4) is 17.1 Å². The van der Waals surface area contributed by atoms with E-state index in [1.807, 2.05) is 32.0 Å². The normalized spacial score (nSPS) is 11.1. The van der Waals surface area contributed by atoms with E-state index in [-0.39, 0.29) is 28.2 Å². The number of hydrogen-bond acceptors (Lipinski definition) is 6. The first kappa shape index (κ1) is 22.2. The molecule has 1 N–H and O–H groups in total. The predicted molar refractivity (Wildman–Crippen MR) is 119 cm³/mol. The molecule has 1 heterocycles. The van der Waals surface area contributed by atoms with Gasteiger partial charge in [0, 0.05) is 31.3 Å². The summed E-state index contributed by atoms with van der Waals surface area (Å²) >= 11 is 0. The summed E-state index contributed by atoms with van der Waals surface area (Å²) in [6.07, 6.45) is 0. The monoisotopic (exact) mass is 440 g/mol. The number of ether oxygens (including phenoxy) is 1. The van der Waals surface area contributed by atoms with Crippen molar-refractivity contribution in [1.82, 2.24) is 14.9 Å². The molecule has 3 rings (SSSR count). The molecule has 2 aromatic carbocycles. The Kier molecular flexibility index (Phi) is 6.26. The number of amides is 1. The zero-order valence-corrected chi connectivity index (χ0v) is 18.8. The predicted octanol–water partition coefficient (Wildman–Crippen LogP) is 3.27. The van der Waals surface area contributed by atoms with E-state index in [1.54, 1.807) is 26.2 Å². The van der Waals surface area contributed by atoms with Gasteiger partial charge in [-0.3, -0.25) is 4.79 Å². The molecule has 0 bridgehead atoms. The molecule has 0 radical (unpaired) electrons. The molecule has 1 aromatic heterocycles. The number of nitrogens with one attached hydrogen (secondary N) is 1. The van der Waals surface area contributed by atoms with E-state index in [0.29, 0.717) is 5.69 Å². The molecule has 0 atom stereocenters. The molecule has 3 aromatic rings. The molecule has 0 spiro atoms. The van der Waals surface area contributed by atoms with Gasteiger partial charge in [0.15, 0.2) is 0 Å². The fourth-order valence-corrected chi connectivity index (χ4v) is 4.14. The molecule has 162 valence electrons. The van der Waals surface area contributed by atoms with Crippen LogP contribution in [0.2, 0.25) is 0 Å². The molecular formula is C22H24N4O4S. The lowest BCUT2D eigenvalue weighted by molar-refractivity contribution is 0.0827. The average molecular weight is 441 g/mol. The lowest BCUT2D eigenvalue weighted by Gasteiger charge is -2.14. The van der Waals surface area contributed by atoms with E-state index in [1.165, 1.54) is 30.2 Å². The number of methoxy groups -OCH3 is 1. The van der Waals surface area contributed by atoms with Gasteiger partial charge in [-0.2, -0.15) is 4.98 Å². The van der Waals surface area contributed by atoms with Gasteiger partial charge >= 0.3 is 0 Å². The Balaban J connectivity index is 2.03. The van der Waals surface area contributed by atoms with Crippen LogP contribution in [0.5, 0.6) is 5.88 Å². The Labute approximate surface area is 182 Å². The van der Waals surface area contributed by atoms with Crippen molar-refractivity contribution < 1.29 is 17.9 Å². The van der Waals surface area contributed by atoms with Crippen molar-refractivity contribution in [1.29, 1.82) is 0 Å². The van der Waals surface area contributed by atoms with Gasteiger partial charge in [0.05, 0.1) is 17.7 Å². The number of aromatic nitrogens is 2. The SMILES string of the molecule is COc1cc(-c2c(C)cccc2C)nc(NS(=O)(=O)c2cccc(C(=O)N(C)C)c2)n1. The van der Waals surface area contributed by atoms with Crippen LogP contribution < -0.4 is 9.46 Å². The fourth-order valence-electron chi connectivity index (χ4n) is 3.16. The summed E-state index contributed by atoms with van der Waals surface area (Å²) in [5.41, 5.74) is 3.66.